The number of rotatable bonds is 5. The lowest BCUT2D eigenvalue weighted by atomic mass is 10.2. The Labute approximate surface area is 111 Å². The number of carbonyl (C=O) groups is 2. The van der Waals surface area contributed by atoms with Crippen molar-refractivity contribution in [3.8, 4) is 0 Å². The predicted octanol–water partition coefficient (Wildman–Crippen LogP) is 2.37. The number of methoxy groups -OCH3 is 1. The van der Waals surface area contributed by atoms with Gasteiger partial charge in [0.15, 0.2) is 0 Å². The fourth-order valence-electron chi connectivity index (χ4n) is 1.50. The summed E-state index contributed by atoms with van der Waals surface area (Å²) in [7, 11) is 3.03. The van der Waals surface area contributed by atoms with E-state index in [9.17, 15) is 9.59 Å². The molecule has 0 aliphatic carbocycles. The largest absolute Gasteiger partial charge is 0.469 e. The number of ether oxygens (including phenoxy) is 1. The molecule has 0 saturated heterocycles. The van der Waals surface area contributed by atoms with Crippen LogP contribution in [0.5, 0.6) is 0 Å². The summed E-state index contributed by atoms with van der Waals surface area (Å²) in [5.74, 6) is -0.418. The summed E-state index contributed by atoms with van der Waals surface area (Å²) < 4.78 is 4.53. The topological polar surface area (TPSA) is 46.6 Å². The SMILES string of the molecule is COC(=O)CCCN(C)C(=O)c1ccccc1Cl. The fraction of sp³-hybridized carbons (Fsp3) is 0.385. The Morgan fingerprint density at radius 2 is 2.00 bits per heavy atom. The number of carbonyl (C=O) groups excluding carboxylic acids is 2. The third-order valence-electron chi connectivity index (χ3n) is 2.55. The van der Waals surface area contributed by atoms with E-state index in [0.717, 1.165) is 0 Å². The molecule has 0 saturated carbocycles. The minimum Gasteiger partial charge on any atom is -0.469 e. The summed E-state index contributed by atoms with van der Waals surface area (Å²) in [6.07, 6.45) is 0.871. The molecule has 0 aliphatic rings. The van der Waals surface area contributed by atoms with Crippen molar-refractivity contribution >= 4 is 23.5 Å². The molecule has 18 heavy (non-hydrogen) atoms. The average molecular weight is 270 g/mol. The molecule has 0 heterocycles. The molecule has 0 spiro atoms. The van der Waals surface area contributed by atoms with Gasteiger partial charge in [0.1, 0.15) is 0 Å². The molecular weight excluding hydrogens is 254 g/mol. The van der Waals surface area contributed by atoms with Gasteiger partial charge in [0.05, 0.1) is 17.7 Å². The molecular formula is C13H16ClNO3. The van der Waals surface area contributed by atoms with E-state index >= 15 is 0 Å². The van der Waals surface area contributed by atoms with E-state index in [1.807, 2.05) is 0 Å². The molecule has 0 N–H and O–H groups in total. The van der Waals surface area contributed by atoms with Crippen LogP contribution in [0.2, 0.25) is 5.02 Å². The number of halogens is 1. The van der Waals surface area contributed by atoms with Gasteiger partial charge in [-0.1, -0.05) is 23.7 Å². The molecule has 0 radical (unpaired) electrons. The zero-order valence-electron chi connectivity index (χ0n) is 10.5. The lowest BCUT2D eigenvalue weighted by Gasteiger charge is -2.17. The lowest BCUT2D eigenvalue weighted by molar-refractivity contribution is -0.140. The quantitative estimate of drug-likeness (QED) is 0.771. The molecule has 0 aromatic heterocycles. The third-order valence-corrected chi connectivity index (χ3v) is 2.88. The van der Waals surface area contributed by atoms with Crippen LogP contribution in [0.1, 0.15) is 23.2 Å². The molecule has 0 atom stereocenters. The predicted molar refractivity (Wildman–Crippen MR) is 69.7 cm³/mol. The number of nitrogens with zero attached hydrogens (tertiary/aromatic N) is 1. The van der Waals surface area contributed by atoms with Crippen LogP contribution < -0.4 is 0 Å². The van der Waals surface area contributed by atoms with E-state index in [2.05, 4.69) is 4.74 Å². The summed E-state index contributed by atoms with van der Waals surface area (Å²) >= 11 is 5.95. The van der Waals surface area contributed by atoms with Gasteiger partial charge in [-0.3, -0.25) is 9.59 Å². The van der Waals surface area contributed by atoms with E-state index in [0.29, 0.717) is 30.0 Å². The Hall–Kier alpha value is -1.55. The molecule has 1 amide bonds. The first-order valence-electron chi connectivity index (χ1n) is 5.63. The highest BCUT2D eigenvalue weighted by Crippen LogP contribution is 2.16. The zero-order chi connectivity index (χ0) is 13.5. The summed E-state index contributed by atoms with van der Waals surface area (Å²) in [5, 5.41) is 0.433. The molecule has 0 unspecified atom stereocenters. The second-order valence-corrected chi connectivity index (χ2v) is 4.29. The van der Waals surface area contributed by atoms with E-state index in [-0.39, 0.29) is 11.9 Å². The number of hydrogen-bond donors (Lipinski definition) is 0. The summed E-state index contributed by atoms with van der Waals surface area (Å²) in [5.41, 5.74) is 0.472. The van der Waals surface area contributed by atoms with Crippen LogP contribution in [0.3, 0.4) is 0 Å². The molecule has 4 nitrogen and oxygen atoms in total. The van der Waals surface area contributed by atoms with Crippen LogP contribution >= 0.6 is 11.6 Å². The van der Waals surface area contributed by atoms with Gasteiger partial charge in [0, 0.05) is 20.0 Å². The normalized spacial score (nSPS) is 9.94. The second kappa shape index (κ2) is 7.01. The molecule has 1 rings (SSSR count). The van der Waals surface area contributed by atoms with Crippen LogP contribution in [0.4, 0.5) is 0 Å². The number of amides is 1. The van der Waals surface area contributed by atoms with Crippen LogP contribution in [0.15, 0.2) is 24.3 Å². The maximum absolute atomic E-state index is 12.0. The summed E-state index contributed by atoms with van der Waals surface area (Å²) in [4.78, 5) is 24.5. The summed E-state index contributed by atoms with van der Waals surface area (Å²) in [6, 6.07) is 6.90. The smallest absolute Gasteiger partial charge is 0.305 e. The van der Waals surface area contributed by atoms with E-state index in [1.54, 1.807) is 36.2 Å². The second-order valence-electron chi connectivity index (χ2n) is 3.89. The van der Waals surface area contributed by atoms with Crippen molar-refractivity contribution in [2.24, 2.45) is 0 Å². The van der Waals surface area contributed by atoms with Crippen LogP contribution in [-0.2, 0) is 9.53 Å². The maximum Gasteiger partial charge on any atom is 0.305 e. The van der Waals surface area contributed by atoms with Gasteiger partial charge < -0.3 is 9.64 Å². The van der Waals surface area contributed by atoms with Crippen LogP contribution in [0, 0.1) is 0 Å². The van der Waals surface area contributed by atoms with Crippen molar-refractivity contribution in [1.82, 2.24) is 4.90 Å². The van der Waals surface area contributed by atoms with E-state index in [1.165, 1.54) is 7.11 Å². The van der Waals surface area contributed by atoms with Gasteiger partial charge in [-0.15, -0.1) is 0 Å². The zero-order valence-corrected chi connectivity index (χ0v) is 11.2. The Balaban J connectivity index is 2.52. The van der Waals surface area contributed by atoms with Gasteiger partial charge in [0.25, 0.3) is 5.91 Å². The van der Waals surface area contributed by atoms with E-state index in [4.69, 9.17) is 11.6 Å². The molecule has 0 aliphatic heterocycles. The Morgan fingerprint density at radius 1 is 1.33 bits per heavy atom. The monoisotopic (exact) mass is 269 g/mol. The van der Waals surface area contributed by atoms with Crippen molar-refractivity contribution in [2.45, 2.75) is 12.8 Å². The number of benzene rings is 1. The van der Waals surface area contributed by atoms with Gasteiger partial charge in [0.2, 0.25) is 0 Å². The third kappa shape index (κ3) is 4.04. The van der Waals surface area contributed by atoms with Crippen LogP contribution in [-0.4, -0.2) is 37.5 Å². The maximum atomic E-state index is 12.0. The highest BCUT2D eigenvalue weighted by molar-refractivity contribution is 6.33. The van der Waals surface area contributed by atoms with Crippen molar-refractivity contribution in [1.29, 1.82) is 0 Å². The van der Waals surface area contributed by atoms with Crippen molar-refractivity contribution in [3.05, 3.63) is 34.9 Å². The summed E-state index contributed by atoms with van der Waals surface area (Å²) in [6.45, 7) is 0.485. The van der Waals surface area contributed by atoms with E-state index < -0.39 is 0 Å². The molecule has 1 aromatic carbocycles. The molecule has 0 fully saturated rings. The van der Waals surface area contributed by atoms with Crippen molar-refractivity contribution in [2.75, 3.05) is 20.7 Å². The first kappa shape index (κ1) is 14.5. The lowest BCUT2D eigenvalue weighted by Crippen LogP contribution is -2.28. The molecule has 0 bridgehead atoms. The Morgan fingerprint density at radius 3 is 2.61 bits per heavy atom. The number of esters is 1. The highest BCUT2D eigenvalue weighted by Gasteiger charge is 2.14. The van der Waals surface area contributed by atoms with Crippen molar-refractivity contribution < 1.29 is 14.3 Å². The van der Waals surface area contributed by atoms with Crippen LogP contribution in [0.25, 0.3) is 0 Å². The van der Waals surface area contributed by atoms with Gasteiger partial charge in [-0.2, -0.15) is 0 Å². The molecule has 1 aromatic rings. The highest BCUT2D eigenvalue weighted by atomic mass is 35.5. The Kier molecular flexibility index (Phi) is 5.65. The van der Waals surface area contributed by atoms with Gasteiger partial charge >= 0.3 is 5.97 Å². The first-order valence-corrected chi connectivity index (χ1v) is 6.01. The Bertz CT molecular complexity index is 434. The standard InChI is InChI=1S/C13H16ClNO3/c1-15(9-5-8-12(16)18-2)13(17)10-6-3-4-7-11(10)14/h3-4,6-7H,5,8-9H2,1-2H3. The van der Waals surface area contributed by atoms with Gasteiger partial charge in [-0.25, -0.2) is 0 Å². The molecule has 98 valence electrons. The average Bonchev–Trinajstić information content (AvgIpc) is 2.38. The first-order chi connectivity index (χ1) is 8.56. The fourth-order valence-corrected chi connectivity index (χ4v) is 1.72. The van der Waals surface area contributed by atoms with Gasteiger partial charge in [-0.05, 0) is 18.6 Å². The molecule has 5 heteroatoms. The van der Waals surface area contributed by atoms with Crippen molar-refractivity contribution in [3.63, 3.8) is 0 Å². The number of hydrogen-bond acceptors (Lipinski definition) is 3. The minimum absolute atomic E-state index is 0.148. The minimum atomic E-state index is -0.270.